The third-order valence-corrected chi connectivity index (χ3v) is 7.16. The van der Waals surface area contributed by atoms with E-state index in [1.807, 2.05) is 72.8 Å². The van der Waals surface area contributed by atoms with E-state index in [0.29, 0.717) is 57.3 Å². The fourth-order valence-corrected chi connectivity index (χ4v) is 5.34. The predicted molar refractivity (Wildman–Crippen MR) is 152 cm³/mol. The number of fused-ring (bicyclic) bond motifs is 20. The second-order valence-electron chi connectivity index (χ2n) is 9.50. The van der Waals surface area contributed by atoms with Gasteiger partial charge in [0.05, 0.1) is 0 Å². The van der Waals surface area contributed by atoms with Gasteiger partial charge in [0.25, 0.3) is 0 Å². The molecule has 186 valence electrons. The zero-order valence-electron chi connectivity index (χ0n) is 20.7. The van der Waals surface area contributed by atoms with Gasteiger partial charge in [0.1, 0.15) is 34.0 Å². The van der Waals surface area contributed by atoms with Gasteiger partial charge in [-0.25, -0.2) is 29.9 Å². The summed E-state index contributed by atoms with van der Waals surface area (Å²) in [6.07, 6.45) is 3.48. The molecule has 8 bridgehead atoms. The lowest BCUT2D eigenvalue weighted by atomic mass is 10.2. The van der Waals surface area contributed by atoms with Crippen LogP contribution < -0.4 is 0 Å². The van der Waals surface area contributed by atoms with E-state index in [9.17, 15) is 0 Å². The summed E-state index contributed by atoms with van der Waals surface area (Å²) in [6.45, 7) is 0. The molecule has 0 saturated heterocycles. The number of nitrogens with zero attached hydrogens (tertiary/aromatic N) is 8. The highest BCUT2D eigenvalue weighted by Gasteiger charge is 2.23. The summed E-state index contributed by atoms with van der Waals surface area (Å²) in [5.74, 6) is 2.00. The first-order valence-corrected chi connectivity index (χ1v) is 12.7. The van der Waals surface area contributed by atoms with Crippen LogP contribution in [0.25, 0.3) is 89.9 Å². The summed E-state index contributed by atoms with van der Waals surface area (Å²) in [5, 5.41) is 3.65. The number of aromatic amines is 2. The first kappa shape index (κ1) is 21.1. The first-order valence-electron chi connectivity index (χ1n) is 12.7. The van der Waals surface area contributed by atoms with Gasteiger partial charge in [-0.05, 0) is 24.3 Å². The molecule has 2 N–H and O–H groups in total. The minimum atomic E-state index is 0.476. The molecule has 0 unspecified atom stereocenters. The van der Waals surface area contributed by atoms with E-state index in [2.05, 4.69) is 19.9 Å². The lowest BCUT2D eigenvalue weighted by Gasteiger charge is -1.95. The van der Waals surface area contributed by atoms with Crippen molar-refractivity contribution < 1.29 is 0 Å². The first-order chi connectivity index (χ1) is 19.8. The third-order valence-electron chi connectivity index (χ3n) is 7.16. The van der Waals surface area contributed by atoms with Crippen molar-refractivity contribution in [2.24, 2.45) is 0 Å². The Labute approximate surface area is 225 Å². The molecule has 0 atom stereocenters. The molecule has 7 heterocycles. The normalized spacial score (nSPS) is 12.0. The maximum atomic E-state index is 4.96. The molecular formula is C30H16N10. The Morgan fingerprint density at radius 2 is 0.750 bits per heavy atom. The van der Waals surface area contributed by atoms with Gasteiger partial charge in [-0.3, -0.25) is 9.97 Å². The molecule has 0 saturated carbocycles. The Bertz CT molecular complexity index is 2030. The number of benzene rings is 2. The lowest BCUT2D eigenvalue weighted by Crippen LogP contribution is -1.85. The summed E-state index contributed by atoms with van der Waals surface area (Å²) >= 11 is 0. The van der Waals surface area contributed by atoms with Gasteiger partial charge in [-0.1, -0.05) is 48.5 Å². The van der Waals surface area contributed by atoms with Crippen LogP contribution >= 0.6 is 0 Å². The number of H-pyrrole nitrogens is 2. The molecule has 0 spiro atoms. The number of pyridine rings is 2. The van der Waals surface area contributed by atoms with Crippen LogP contribution in [0.3, 0.4) is 0 Å². The highest BCUT2D eigenvalue weighted by Crippen LogP contribution is 2.35. The topological polar surface area (TPSA) is 135 Å². The minimum absolute atomic E-state index is 0.476. The summed E-state index contributed by atoms with van der Waals surface area (Å²) < 4.78 is 0. The molecule has 2 aromatic carbocycles. The van der Waals surface area contributed by atoms with Crippen LogP contribution in [0.5, 0.6) is 0 Å². The van der Waals surface area contributed by atoms with Crippen molar-refractivity contribution in [3.8, 4) is 45.8 Å². The molecule has 5 aromatic heterocycles. The number of hydrogen-bond donors (Lipinski definition) is 2. The van der Waals surface area contributed by atoms with E-state index in [1.165, 1.54) is 0 Å². The minimum Gasteiger partial charge on any atom is -0.324 e. The molecule has 40 heavy (non-hydrogen) atoms. The van der Waals surface area contributed by atoms with Crippen LogP contribution in [0.1, 0.15) is 0 Å². The van der Waals surface area contributed by atoms with E-state index in [-0.39, 0.29) is 0 Å². The fraction of sp³-hybridized carbons (Fsp3) is 0. The summed E-state index contributed by atoms with van der Waals surface area (Å²) in [5.41, 5.74) is 5.48. The van der Waals surface area contributed by atoms with Gasteiger partial charge in [-0.2, -0.15) is 0 Å². The van der Waals surface area contributed by atoms with Gasteiger partial charge >= 0.3 is 0 Å². The summed E-state index contributed by atoms with van der Waals surface area (Å²) in [7, 11) is 0. The third kappa shape index (κ3) is 2.98. The van der Waals surface area contributed by atoms with Crippen LogP contribution in [0.15, 0.2) is 85.2 Å². The Balaban J connectivity index is 1.51. The lowest BCUT2D eigenvalue weighted by molar-refractivity contribution is 1.18. The number of nitrogens with one attached hydrogen (secondary N) is 2. The average molecular weight is 517 g/mol. The summed E-state index contributed by atoms with van der Waals surface area (Å²) in [6, 6.07) is 23.6. The fourth-order valence-electron chi connectivity index (χ4n) is 5.34. The van der Waals surface area contributed by atoms with Crippen molar-refractivity contribution in [1.82, 2.24) is 49.8 Å². The molecular weight excluding hydrogens is 500 g/mol. The van der Waals surface area contributed by atoms with Gasteiger partial charge in [-0.15, -0.1) is 0 Å². The Hall–Kier alpha value is -5.90. The van der Waals surface area contributed by atoms with E-state index < -0.39 is 0 Å². The van der Waals surface area contributed by atoms with Gasteiger partial charge in [0.15, 0.2) is 23.3 Å². The van der Waals surface area contributed by atoms with Crippen molar-refractivity contribution in [3.05, 3.63) is 85.2 Å². The largest absolute Gasteiger partial charge is 0.324 e. The molecule has 2 aliphatic rings. The molecule has 10 nitrogen and oxygen atoms in total. The predicted octanol–water partition coefficient (Wildman–Crippen LogP) is 5.66. The van der Waals surface area contributed by atoms with Crippen molar-refractivity contribution in [2.45, 2.75) is 0 Å². The molecule has 0 radical (unpaired) electrons. The SMILES string of the molecule is c1cnc2c(c1)-c1nc-2nc2[nH]c(nc3nc(nc4[nH]c(n1)c1ccccc41)-c1ncccc1-3)c1ccccc21. The Morgan fingerprint density at radius 3 is 1.15 bits per heavy atom. The molecule has 9 rings (SSSR count). The van der Waals surface area contributed by atoms with E-state index in [4.69, 9.17) is 29.9 Å². The number of aromatic nitrogens is 10. The second-order valence-corrected chi connectivity index (χ2v) is 9.50. The monoisotopic (exact) mass is 516 g/mol. The van der Waals surface area contributed by atoms with Crippen molar-refractivity contribution in [2.75, 3.05) is 0 Å². The number of hydrogen-bond acceptors (Lipinski definition) is 8. The van der Waals surface area contributed by atoms with Crippen LogP contribution in [0, 0.1) is 0 Å². The average Bonchev–Trinajstić information content (AvgIpc) is 3.73. The highest BCUT2D eigenvalue weighted by atomic mass is 15.1. The smallest absolute Gasteiger partial charge is 0.183 e. The Morgan fingerprint density at radius 1 is 0.375 bits per heavy atom. The maximum absolute atomic E-state index is 4.96. The summed E-state index contributed by atoms with van der Waals surface area (Å²) in [4.78, 5) is 45.5. The second kappa shape index (κ2) is 7.81. The van der Waals surface area contributed by atoms with Crippen LogP contribution in [0.4, 0.5) is 0 Å². The van der Waals surface area contributed by atoms with Gasteiger partial charge in [0.2, 0.25) is 0 Å². The van der Waals surface area contributed by atoms with Crippen molar-refractivity contribution in [1.29, 1.82) is 0 Å². The van der Waals surface area contributed by atoms with Crippen molar-refractivity contribution >= 4 is 44.1 Å². The van der Waals surface area contributed by atoms with Crippen LogP contribution in [0.2, 0.25) is 0 Å². The van der Waals surface area contributed by atoms with Crippen LogP contribution in [-0.2, 0) is 0 Å². The van der Waals surface area contributed by atoms with E-state index in [1.54, 1.807) is 12.4 Å². The van der Waals surface area contributed by atoms with E-state index >= 15 is 0 Å². The van der Waals surface area contributed by atoms with E-state index in [0.717, 1.165) is 32.7 Å². The standard InChI is InChI=1S/C30H16N10/c1-3-9-17-15(7-1)23-33-25(17)37-29-22-20(12-6-14-32-22)28(40-29)36-24-16-8-2-4-10-18(16)26(34-24)38-30-21-19(11-5-13-31-21)27(35-23)39-30/h1-14H,(H2,33,34,35,36,37,38,39,40). The molecule has 7 aromatic rings. The molecule has 10 heteroatoms. The molecule has 2 aliphatic heterocycles. The molecule has 0 aliphatic carbocycles. The van der Waals surface area contributed by atoms with Gasteiger partial charge in [0, 0.05) is 45.1 Å². The number of rotatable bonds is 0. The maximum Gasteiger partial charge on any atom is 0.183 e. The van der Waals surface area contributed by atoms with Crippen molar-refractivity contribution in [3.63, 3.8) is 0 Å². The quantitative estimate of drug-likeness (QED) is 0.264. The zero-order valence-corrected chi connectivity index (χ0v) is 20.7. The molecule has 0 fully saturated rings. The highest BCUT2D eigenvalue weighted by molar-refractivity contribution is 6.06. The molecule has 0 amide bonds. The Kier molecular flexibility index (Phi) is 4.11. The van der Waals surface area contributed by atoms with Gasteiger partial charge < -0.3 is 9.97 Å². The zero-order chi connectivity index (χ0) is 26.2. The van der Waals surface area contributed by atoms with Crippen LogP contribution in [-0.4, -0.2) is 49.8 Å².